The molecule has 4 heterocycles. The molecule has 2 aliphatic rings. The fourth-order valence-corrected chi connectivity index (χ4v) is 8.42. The van der Waals surface area contributed by atoms with Crippen molar-refractivity contribution < 1.29 is 74.0 Å². The van der Waals surface area contributed by atoms with E-state index in [4.69, 9.17) is 15.7 Å². The smallest absolute Gasteiger partial charge is 0.504 e. The molecule has 0 bridgehead atoms. The monoisotopic (exact) mass is 688 g/mol. The van der Waals surface area contributed by atoms with Crippen molar-refractivity contribution in [3.05, 3.63) is 50.8 Å². The van der Waals surface area contributed by atoms with Gasteiger partial charge in [-0.25, -0.2) is 14.6 Å². The summed E-state index contributed by atoms with van der Waals surface area (Å²) in [7, 11) is 0. The van der Waals surface area contributed by atoms with Crippen LogP contribution < -0.4 is 46.0 Å². The van der Waals surface area contributed by atoms with E-state index in [9.17, 15) is 39.3 Å². The average molecular weight is 689 g/mol. The Bertz CT molecular complexity index is 1810. The van der Waals surface area contributed by atoms with Gasteiger partial charge in [-0.3, -0.25) is 19.3 Å². The molecule has 2 unspecified atom stereocenters. The molecule has 2 atom stereocenters. The summed E-state index contributed by atoms with van der Waals surface area (Å²) in [6.07, 6.45) is 0. The molecule has 15 nitrogen and oxygen atoms in total. The minimum atomic E-state index is -1.34. The fraction of sp³-hybridized carbons (Fsp3) is 0.208. The first-order chi connectivity index (χ1) is 20.4. The van der Waals surface area contributed by atoms with Gasteiger partial charge in [0.2, 0.25) is 6.61 Å². The van der Waals surface area contributed by atoms with Gasteiger partial charge in [0.25, 0.3) is 11.8 Å². The van der Waals surface area contributed by atoms with Crippen molar-refractivity contribution in [3.63, 3.8) is 0 Å². The van der Waals surface area contributed by atoms with Crippen LogP contribution in [-0.4, -0.2) is 89.3 Å². The maximum Gasteiger partial charge on any atom is 1.00 e. The Morgan fingerprint density at radius 3 is 2.57 bits per heavy atom. The number of rotatable bonds is 10. The van der Waals surface area contributed by atoms with E-state index in [0.717, 1.165) is 16.2 Å². The molecule has 44 heavy (non-hydrogen) atoms. The van der Waals surface area contributed by atoms with Gasteiger partial charge < -0.3 is 36.3 Å². The number of fused-ring (bicyclic) bond motifs is 2. The Kier molecular flexibility index (Phi) is 10.5. The number of carboxylic acid groups (broad SMARTS) is 2. The summed E-state index contributed by atoms with van der Waals surface area (Å²) in [5, 5.41) is 45.3. The first-order valence-electron chi connectivity index (χ1n) is 11.9. The number of amides is 2. The minimum absolute atomic E-state index is 0. The van der Waals surface area contributed by atoms with Gasteiger partial charge in [-0.1, -0.05) is 5.16 Å². The third kappa shape index (κ3) is 6.82. The van der Waals surface area contributed by atoms with Crippen LogP contribution in [0.2, 0.25) is 0 Å². The minimum Gasteiger partial charge on any atom is -0.504 e. The number of nitrogen functional groups attached to an aromatic ring is 1. The van der Waals surface area contributed by atoms with Gasteiger partial charge in [0.05, 0.1) is 4.21 Å². The van der Waals surface area contributed by atoms with Crippen LogP contribution in [0.3, 0.4) is 0 Å². The number of hydrogen-bond donors (Lipinski definition) is 6. The fourth-order valence-electron chi connectivity index (χ4n) is 4.14. The number of benzene rings is 1. The molecule has 3 aromatic rings. The van der Waals surface area contributed by atoms with E-state index < -0.39 is 53.2 Å². The number of aliphatic carboxylic acids is 2. The van der Waals surface area contributed by atoms with E-state index in [1.807, 2.05) is 0 Å². The number of phenolic OH excluding ortho intramolecular Hbond substituents is 2. The topological polar surface area (TPSA) is 242 Å². The Labute approximate surface area is 285 Å². The Morgan fingerprint density at radius 1 is 1.18 bits per heavy atom. The summed E-state index contributed by atoms with van der Waals surface area (Å²) in [4.78, 5) is 71.5. The zero-order chi connectivity index (χ0) is 31.0. The number of nitrogens with zero attached hydrogens (tertiary/aromatic N) is 3. The SMILES string of the molecule is Nc1nc(/C(=N/OCC(=O)O)C(=O)NC2C(=O)N3C(C(=O)O)=C(CSc4cc(=O)c5cc(O)c(O)cc5s4)CSC23)cs1.[Na+]. The van der Waals surface area contributed by atoms with Gasteiger partial charge in [0.15, 0.2) is 27.8 Å². The van der Waals surface area contributed by atoms with E-state index in [1.165, 1.54) is 58.4 Å². The van der Waals surface area contributed by atoms with Crippen LogP contribution in [0.25, 0.3) is 10.1 Å². The summed E-state index contributed by atoms with van der Waals surface area (Å²) in [6, 6.07) is 2.69. The number of thioether (sulfide) groups is 2. The molecule has 0 aliphatic carbocycles. The third-order valence-electron chi connectivity index (χ3n) is 6.05. The number of aromatic nitrogens is 1. The standard InChI is InChI=1S/C24H19N5O10S4.Na/c25-24-26-10(7-42-24)17(28-39-4-15(33)34)20(35)27-18-21(36)29-19(23(37)38)8(6-41-22(18)29)5-40-16-3-11(30)9-1-12(31)13(32)2-14(9)43-16;/h1-3,7,18,22,31-32H,4-6H2,(H2,25,26)(H,27,35)(H,33,34)(H,37,38);/q;+1/b28-17-;. The maximum atomic E-state index is 13.1. The number of thiazole rings is 1. The molecule has 20 heteroatoms. The van der Waals surface area contributed by atoms with Gasteiger partial charge in [-0.15, -0.1) is 46.2 Å². The van der Waals surface area contributed by atoms with Gasteiger partial charge in [-0.2, -0.15) is 0 Å². The normalized spacial score (nSPS) is 17.9. The molecule has 7 N–H and O–H groups in total. The van der Waals surface area contributed by atoms with E-state index in [2.05, 4.69) is 15.5 Å². The average Bonchev–Trinajstić information content (AvgIpc) is 3.38. The quantitative estimate of drug-likeness (QED) is 0.0339. The molecule has 1 fully saturated rings. The number of carbonyl (C=O) groups is 4. The predicted octanol–water partition coefficient (Wildman–Crippen LogP) is -1.95. The second kappa shape index (κ2) is 13.8. The maximum absolute atomic E-state index is 13.1. The molecule has 0 saturated carbocycles. The summed E-state index contributed by atoms with van der Waals surface area (Å²) >= 11 is 4.59. The number of carbonyl (C=O) groups excluding carboxylic acids is 2. The summed E-state index contributed by atoms with van der Waals surface area (Å²) in [6.45, 7) is -0.833. The molecular weight excluding hydrogens is 670 g/mol. The van der Waals surface area contributed by atoms with Crippen molar-refractivity contribution in [1.29, 1.82) is 0 Å². The van der Waals surface area contributed by atoms with Gasteiger partial charge in [0.1, 0.15) is 22.8 Å². The molecule has 2 aliphatic heterocycles. The number of anilines is 1. The largest absolute Gasteiger partial charge is 1.00 e. The number of carboxylic acids is 2. The van der Waals surface area contributed by atoms with Crippen molar-refractivity contribution in [1.82, 2.24) is 15.2 Å². The van der Waals surface area contributed by atoms with E-state index >= 15 is 0 Å². The molecule has 0 spiro atoms. The molecular formula is C24H19N5NaO10S4+. The summed E-state index contributed by atoms with van der Waals surface area (Å²) in [5.41, 5.74) is 5.03. The molecule has 0 radical (unpaired) electrons. The first kappa shape index (κ1) is 33.6. The van der Waals surface area contributed by atoms with Crippen molar-refractivity contribution in [2.45, 2.75) is 15.6 Å². The van der Waals surface area contributed by atoms with Crippen LogP contribution in [0.1, 0.15) is 5.69 Å². The Morgan fingerprint density at radius 2 is 1.91 bits per heavy atom. The summed E-state index contributed by atoms with van der Waals surface area (Å²) < 4.78 is 0.968. The van der Waals surface area contributed by atoms with E-state index in [1.54, 1.807) is 0 Å². The number of β-lactam (4-membered cyclic amide) rings is 1. The third-order valence-corrected chi connectivity index (χ3v) is 10.4. The van der Waals surface area contributed by atoms with Gasteiger partial charge >= 0.3 is 41.5 Å². The molecule has 2 amide bonds. The van der Waals surface area contributed by atoms with Crippen LogP contribution in [0.4, 0.5) is 5.13 Å². The molecule has 224 valence electrons. The number of oxime groups is 1. The second-order valence-corrected chi connectivity index (χ2v) is 13.2. The Hall–Kier alpha value is -3.33. The Balaban J connectivity index is 0.00000442. The zero-order valence-electron chi connectivity index (χ0n) is 22.4. The number of nitrogens with one attached hydrogen (secondary N) is 1. The number of aromatic hydroxyl groups is 2. The van der Waals surface area contributed by atoms with Crippen LogP contribution in [-0.2, 0) is 24.0 Å². The number of nitrogens with two attached hydrogens (primary N) is 1. The zero-order valence-corrected chi connectivity index (χ0v) is 27.6. The van der Waals surface area contributed by atoms with E-state index in [0.29, 0.717) is 14.5 Å². The molecule has 1 aromatic carbocycles. The van der Waals surface area contributed by atoms with Gasteiger partial charge in [0, 0.05) is 39.1 Å². The second-order valence-electron chi connectivity index (χ2n) is 8.85. The van der Waals surface area contributed by atoms with Gasteiger partial charge in [-0.05, 0) is 11.6 Å². The predicted molar refractivity (Wildman–Crippen MR) is 158 cm³/mol. The number of phenols is 2. The van der Waals surface area contributed by atoms with Crippen LogP contribution in [0.15, 0.2) is 49.0 Å². The van der Waals surface area contributed by atoms with Crippen LogP contribution >= 0.6 is 46.2 Å². The van der Waals surface area contributed by atoms with Crippen molar-refractivity contribution in [3.8, 4) is 11.5 Å². The van der Waals surface area contributed by atoms with Crippen molar-refractivity contribution in [2.75, 3.05) is 23.8 Å². The van der Waals surface area contributed by atoms with Crippen LogP contribution in [0, 0.1) is 0 Å². The number of hydrogen-bond acceptors (Lipinski definition) is 15. The molecule has 1 saturated heterocycles. The molecule has 5 rings (SSSR count). The first-order valence-corrected chi connectivity index (χ1v) is 15.6. The van der Waals surface area contributed by atoms with Crippen molar-refractivity contribution >= 4 is 90.9 Å². The summed E-state index contributed by atoms with van der Waals surface area (Å²) in [5.74, 6) is -4.71. The van der Waals surface area contributed by atoms with Crippen LogP contribution in [0.5, 0.6) is 11.5 Å². The van der Waals surface area contributed by atoms with Crippen molar-refractivity contribution in [2.24, 2.45) is 5.16 Å². The molecule has 2 aromatic heterocycles. The van der Waals surface area contributed by atoms with E-state index in [-0.39, 0.29) is 74.2 Å².